The van der Waals surface area contributed by atoms with Gasteiger partial charge < -0.3 is 26.6 Å². The molecule has 0 bridgehead atoms. The molecule has 0 saturated carbocycles. The number of hydrogen-bond donors (Lipinski definition) is 4. The van der Waals surface area contributed by atoms with Gasteiger partial charge in [0.25, 0.3) is 0 Å². The zero-order valence-electron chi connectivity index (χ0n) is 20.7. The van der Waals surface area contributed by atoms with Crippen LogP contribution in [0.2, 0.25) is 0 Å². The molecular weight excluding hydrogens is 478 g/mol. The third kappa shape index (κ3) is 7.18. The highest BCUT2D eigenvalue weighted by Gasteiger charge is 2.15. The molecule has 3 aromatic rings. The molecule has 1 aromatic heterocycles. The molecule has 0 spiro atoms. The lowest BCUT2D eigenvalue weighted by Gasteiger charge is -2.16. The predicted molar refractivity (Wildman–Crippen MR) is 144 cm³/mol. The number of hydrogen-bond acceptors (Lipinski definition) is 8. The van der Waals surface area contributed by atoms with Crippen molar-refractivity contribution >= 4 is 35.3 Å². The summed E-state index contributed by atoms with van der Waals surface area (Å²) >= 11 is 0. The SMILES string of the molecule is C=CC(=O)Nc1ccc(F)c(Nc2nc(N/C(C=NC)=C/N)ncc2-c2ccc(CN(C)C)c(F)c2)c1. The van der Waals surface area contributed by atoms with Crippen molar-refractivity contribution < 1.29 is 13.6 Å². The second kappa shape index (κ2) is 12.4. The molecule has 37 heavy (non-hydrogen) atoms. The maximum Gasteiger partial charge on any atom is 0.247 e. The van der Waals surface area contributed by atoms with Crippen LogP contribution in [0.1, 0.15) is 5.56 Å². The normalized spacial score (nSPS) is 11.6. The van der Waals surface area contributed by atoms with Crippen LogP contribution in [0.15, 0.2) is 72.1 Å². The molecule has 0 aliphatic heterocycles. The number of amides is 1. The van der Waals surface area contributed by atoms with Crippen molar-refractivity contribution in [3.8, 4) is 11.1 Å². The second-order valence-corrected chi connectivity index (χ2v) is 8.15. The summed E-state index contributed by atoms with van der Waals surface area (Å²) in [6.45, 7) is 3.84. The van der Waals surface area contributed by atoms with Crippen LogP contribution in [0.3, 0.4) is 0 Å². The molecule has 5 N–H and O–H groups in total. The van der Waals surface area contributed by atoms with Crippen LogP contribution in [0.25, 0.3) is 11.1 Å². The third-order valence-corrected chi connectivity index (χ3v) is 5.02. The number of allylic oxidation sites excluding steroid dienone is 1. The van der Waals surface area contributed by atoms with Gasteiger partial charge in [0.15, 0.2) is 0 Å². The summed E-state index contributed by atoms with van der Waals surface area (Å²) in [5, 5.41) is 8.44. The average molecular weight is 507 g/mol. The lowest BCUT2D eigenvalue weighted by molar-refractivity contribution is -0.111. The number of carbonyl (C=O) groups excluding carboxylic acids is 1. The Balaban J connectivity index is 2.07. The number of benzene rings is 2. The van der Waals surface area contributed by atoms with Gasteiger partial charge in [0.05, 0.1) is 11.4 Å². The first kappa shape index (κ1) is 27.0. The number of nitrogens with two attached hydrogens (primary N) is 1. The van der Waals surface area contributed by atoms with Gasteiger partial charge in [-0.15, -0.1) is 0 Å². The number of nitrogens with zero attached hydrogens (tertiary/aromatic N) is 4. The number of anilines is 4. The fourth-order valence-corrected chi connectivity index (χ4v) is 3.34. The molecule has 3 rings (SSSR count). The molecule has 0 aliphatic carbocycles. The van der Waals surface area contributed by atoms with E-state index in [1.165, 1.54) is 42.9 Å². The van der Waals surface area contributed by atoms with Crippen LogP contribution in [-0.2, 0) is 11.3 Å². The van der Waals surface area contributed by atoms with Crippen LogP contribution in [-0.4, -0.2) is 48.1 Å². The van der Waals surface area contributed by atoms with E-state index >= 15 is 0 Å². The van der Waals surface area contributed by atoms with Gasteiger partial charge in [-0.2, -0.15) is 4.98 Å². The van der Waals surface area contributed by atoms with Gasteiger partial charge in [0.1, 0.15) is 17.5 Å². The number of nitrogens with one attached hydrogen (secondary N) is 3. The van der Waals surface area contributed by atoms with Crippen molar-refractivity contribution in [2.24, 2.45) is 10.7 Å². The Morgan fingerprint density at radius 2 is 1.95 bits per heavy atom. The maximum atomic E-state index is 14.9. The van der Waals surface area contributed by atoms with E-state index in [-0.39, 0.29) is 17.5 Å². The molecule has 0 aliphatic rings. The van der Waals surface area contributed by atoms with Crippen LogP contribution in [0, 0.1) is 11.6 Å². The third-order valence-electron chi connectivity index (χ3n) is 5.02. The van der Waals surface area contributed by atoms with E-state index in [4.69, 9.17) is 5.73 Å². The van der Waals surface area contributed by atoms with Gasteiger partial charge in [0.2, 0.25) is 11.9 Å². The van der Waals surface area contributed by atoms with Crippen molar-refractivity contribution in [2.45, 2.75) is 6.54 Å². The van der Waals surface area contributed by atoms with Gasteiger partial charge in [-0.05, 0) is 50.0 Å². The molecule has 0 radical (unpaired) electrons. The lowest BCUT2D eigenvalue weighted by atomic mass is 10.0. The molecule has 9 nitrogen and oxygen atoms in total. The summed E-state index contributed by atoms with van der Waals surface area (Å²) in [5.41, 5.74) is 7.85. The van der Waals surface area contributed by atoms with E-state index in [2.05, 4.69) is 37.5 Å². The first-order valence-electron chi connectivity index (χ1n) is 11.2. The molecule has 1 heterocycles. The molecular formula is C26H28F2N8O. The maximum absolute atomic E-state index is 14.9. The fraction of sp³-hybridized carbons (Fsp3) is 0.154. The molecule has 0 unspecified atom stereocenters. The molecule has 0 fully saturated rings. The van der Waals surface area contributed by atoms with E-state index in [1.54, 1.807) is 19.2 Å². The van der Waals surface area contributed by atoms with Crippen LogP contribution >= 0.6 is 0 Å². The van der Waals surface area contributed by atoms with Crippen molar-refractivity contribution in [3.63, 3.8) is 0 Å². The Hall–Kier alpha value is -4.64. The minimum absolute atomic E-state index is 0.0298. The molecule has 11 heteroatoms. The van der Waals surface area contributed by atoms with E-state index in [0.29, 0.717) is 34.6 Å². The molecule has 0 atom stereocenters. The summed E-state index contributed by atoms with van der Waals surface area (Å²) in [6, 6.07) is 8.82. The monoisotopic (exact) mass is 506 g/mol. The summed E-state index contributed by atoms with van der Waals surface area (Å²) in [7, 11) is 5.28. The topological polar surface area (TPSA) is 121 Å². The smallest absolute Gasteiger partial charge is 0.247 e. The Bertz CT molecular complexity index is 1350. The predicted octanol–water partition coefficient (Wildman–Crippen LogP) is 4.26. The zero-order chi connectivity index (χ0) is 26.9. The zero-order valence-corrected chi connectivity index (χ0v) is 20.7. The Morgan fingerprint density at radius 1 is 1.16 bits per heavy atom. The van der Waals surface area contributed by atoms with Gasteiger partial charge in [-0.3, -0.25) is 9.79 Å². The highest BCUT2D eigenvalue weighted by Crippen LogP contribution is 2.32. The number of carbonyl (C=O) groups is 1. The van der Waals surface area contributed by atoms with Crippen molar-refractivity contribution in [1.82, 2.24) is 14.9 Å². The van der Waals surface area contributed by atoms with Crippen LogP contribution < -0.4 is 21.7 Å². The molecule has 1 amide bonds. The van der Waals surface area contributed by atoms with Crippen LogP contribution in [0.5, 0.6) is 0 Å². The summed E-state index contributed by atoms with van der Waals surface area (Å²) in [4.78, 5) is 26.2. The summed E-state index contributed by atoms with van der Waals surface area (Å²) < 4.78 is 29.6. The van der Waals surface area contributed by atoms with Gasteiger partial charge >= 0.3 is 0 Å². The minimum Gasteiger partial charge on any atom is -0.403 e. The second-order valence-electron chi connectivity index (χ2n) is 8.15. The number of aromatic nitrogens is 2. The van der Waals surface area contributed by atoms with Crippen LogP contribution in [0.4, 0.5) is 31.9 Å². The molecule has 192 valence electrons. The quantitative estimate of drug-likeness (QED) is 0.239. The van der Waals surface area contributed by atoms with E-state index in [0.717, 1.165) is 6.08 Å². The number of halogens is 2. The minimum atomic E-state index is -0.594. The first-order valence-corrected chi connectivity index (χ1v) is 11.2. The molecule has 2 aromatic carbocycles. The van der Waals surface area contributed by atoms with E-state index in [1.807, 2.05) is 19.0 Å². The fourth-order valence-electron chi connectivity index (χ4n) is 3.34. The summed E-state index contributed by atoms with van der Waals surface area (Å²) in [5.74, 6) is -1.10. The van der Waals surface area contributed by atoms with Crippen molar-refractivity contribution in [1.29, 1.82) is 0 Å². The van der Waals surface area contributed by atoms with Gasteiger partial charge in [-0.1, -0.05) is 18.7 Å². The largest absolute Gasteiger partial charge is 0.403 e. The highest BCUT2D eigenvalue weighted by molar-refractivity contribution is 5.99. The van der Waals surface area contributed by atoms with E-state index < -0.39 is 17.5 Å². The number of rotatable bonds is 10. The standard InChI is InChI=1S/C26H28F2N8O/c1-5-24(37)32-18-8-9-21(27)23(11-18)34-25-20(14-31-26(35-25)33-19(12-29)13-30-2)16-6-7-17(15-36(3)4)22(28)10-16/h5-14H,1,15,29H2,2-4H3,(H,32,37)(H2,31,33,34,35)/b19-12+,30-13?. The lowest BCUT2D eigenvalue weighted by Crippen LogP contribution is -2.12. The molecule has 0 saturated heterocycles. The Labute approximate surface area is 213 Å². The average Bonchev–Trinajstić information content (AvgIpc) is 2.87. The van der Waals surface area contributed by atoms with Crippen molar-refractivity contribution in [3.05, 3.63) is 84.3 Å². The Morgan fingerprint density at radius 3 is 2.59 bits per heavy atom. The van der Waals surface area contributed by atoms with Gasteiger partial charge in [0, 0.05) is 49.0 Å². The van der Waals surface area contributed by atoms with E-state index in [9.17, 15) is 13.6 Å². The Kier molecular flexibility index (Phi) is 9.00. The highest BCUT2D eigenvalue weighted by atomic mass is 19.1. The number of aliphatic imine (C=N–C) groups is 1. The van der Waals surface area contributed by atoms with Crippen molar-refractivity contribution in [2.75, 3.05) is 37.1 Å². The van der Waals surface area contributed by atoms with Gasteiger partial charge in [-0.25, -0.2) is 13.8 Å². The summed E-state index contributed by atoms with van der Waals surface area (Å²) in [6.07, 6.45) is 5.36. The first-order chi connectivity index (χ1) is 17.7.